The molecule has 0 spiro atoms. The molecule has 96 valence electrons. The summed E-state index contributed by atoms with van der Waals surface area (Å²) in [4.78, 5) is 2.32. The first-order valence-corrected chi connectivity index (χ1v) is 6.28. The average Bonchev–Trinajstić information content (AvgIpc) is 2.42. The van der Waals surface area contributed by atoms with E-state index in [0.29, 0.717) is 0 Å². The lowest BCUT2D eigenvalue weighted by atomic mass is 10.2. The lowest BCUT2D eigenvalue weighted by Crippen LogP contribution is -2.36. The third-order valence-electron chi connectivity index (χ3n) is 2.77. The molecule has 3 heteroatoms. The molecule has 0 bridgehead atoms. The minimum Gasteiger partial charge on any atom is -0.496 e. The van der Waals surface area contributed by atoms with Gasteiger partial charge in [0.15, 0.2) is 0 Å². The standard InChI is InChI=1S/C12H17NO2.C2H6/c1-10-3-4-11(9-12(10)14-2)13-5-7-15-8-6-13;1-2/h3-4,9H,5-8H2,1-2H3;1-2H3. The van der Waals surface area contributed by atoms with E-state index in [4.69, 9.17) is 9.47 Å². The number of aryl methyl sites for hydroxylation is 1. The number of benzene rings is 1. The van der Waals surface area contributed by atoms with Crippen molar-refractivity contribution in [2.75, 3.05) is 38.3 Å². The Kier molecular flexibility index (Phi) is 5.84. The summed E-state index contributed by atoms with van der Waals surface area (Å²) in [5, 5.41) is 0. The van der Waals surface area contributed by atoms with Crippen molar-refractivity contribution in [3.8, 4) is 5.75 Å². The van der Waals surface area contributed by atoms with E-state index in [-0.39, 0.29) is 0 Å². The third kappa shape index (κ3) is 3.63. The first kappa shape index (κ1) is 13.8. The van der Waals surface area contributed by atoms with Crippen molar-refractivity contribution in [2.24, 2.45) is 0 Å². The van der Waals surface area contributed by atoms with Crippen LogP contribution in [0.4, 0.5) is 5.69 Å². The summed E-state index contributed by atoms with van der Waals surface area (Å²) >= 11 is 0. The van der Waals surface area contributed by atoms with Gasteiger partial charge in [0.05, 0.1) is 20.3 Å². The van der Waals surface area contributed by atoms with Crippen molar-refractivity contribution in [3.63, 3.8) is 0 Å². The van der Waals surface area contributed by atoms with Gasteiger partial charge in [-0.2, -0.15) is 0 Å². The molecule has 1 aliphatic heterocycles. The molecule has 0 saturated carbocycles. The highest BCUT2D eigenvalue weighted by Crippen LogP contribution is 2.25. The zero-order valence-corrected chi connectivity index (χ0v) is 11.3. The molecule has 1 aliphatic rings. The molecular formula is C14H23NO2. The molecule has 1 fully saturated rings. The van der Waals surface area contributed by atoms with E-state index in [1.165, 1.54) is 11.3 Å². The summed E-state index contributed by atoms with van der Waals surface area (Å²) in [7, 11) is 1.71. The van der Waals surface area contributed by atoms with Gasteiger partial charge >= 0.3 is 0 Å². The Labute approximate surface area is 104 Å². The minimum absolute atomic E-state index is 0.816. The van der Waals surface area contributed by atoms with Crippen LogP contribution >= 0.6 is 0 Å². The summed E-state index contributed by atoms with van der Waals surface area (Å²) in [6.07, 6.45) is 0. The number of hydrogen-bond donors (Lipinski definition) is 0. The topological polar surface area (TPSA) is 21.7 Å². The van der Waals surface area contributed by atoms with Gasteiger partial charge in [0, 0.05) is 24.8 Å². The van der Waals surface area contributed by atoms with Crippen molar-refractivity contribution in [3.05, 3.63) is 23.8 Å². The number of anilines is 1. The quantitative estimate of drug-likeness (QED) is 0.789. The van der Waals surface area contributed by atoms with Gasteiger partial charge < -0.3 is 14.4 Å². The second kappa shape index (κ2) is 7.17. The number of rotatable bonds is 2. The Hall–Kier alpha value is -1.22. The fourth-order valence-electron chi connectivity index (χ4n) is 1.83. The van der Waals surface area contributed by atoms with Crippen LogP contribution in [0.5, 0.6) is 5.75 Å². The normalized spacial score (nSPS) is 14.9. The maximum Gasteiger partial charge on any atom is 0.123 e. The van der Waals surface area contributed by atoms with Crippen LogP contribution in [0, 0.1) is 6.92 Å². The predicted molar refractivity (Wildman–Crippen MR) is 72.1 cm³/mol. The van der Waals surface area contributed by atoms with Crippen molar-refractivity contribution < 1.29 is 9.47 Å². The fraction of sp³-hybridized carbons (Fsp3) is 0.571. The van der Waals surface area contributed by atoms with Gasteiger partial charge in [0.25, 0.3) is 0 Å². The highest BCUT2D eigenvalue weighted by Gasteiger charge is 2.12. The molecule has 1 aromatic rings. The Balaban J connectivity index is 0.000000686. The Morgan fingerprint density at radius 3 is 2.41 bits per heavy atom. The smallest absolute Gasteiger partial charge is 0.123 e. The summed E-state index contributed by atoms with van der Waals surface area (Å²) in [5.74, 6) is 0.957. The van der Waals surface area contributed by atoms with E-state index in [1.807, 2.05) is 13.8 Å². The number of morpholine rings is 1. The molecule has 0 unspecified atom stereocenters. The van der Waals surface area contributed by atoms with Crippen LogP contribution in [-0.2, 0) is 4.74 Å². The SMILES string of the molecule is CC.COc1cc(N2CCOCC2)ccc1C. The number of hydrogen-bond acceptors (Lipinski definition) is 3. The molecule has 1 heterocycles. The van der Waals surface area contributed by atoms with Crippen molar-refractivity contribution in [2.45, 2.75) is 20.8 Å². The molecule has 0 N–H and O–H groups in total. The summed E-state index contributed by atoms with van der Waals surface area (Å²) in [6, 6.07) is 6.34. The molecular weight excluding hydrogens is 214 g/mol. The molecule has 2 rings (SSSR count). The van der Waals surface area contributed by atoms with E-state index in [9.17, 15) is 0 Å². The maximum absolute atomic E-state index is 5.33. The molecule has 17 heavy (non-hydrogen) atoms. The van der Waals surface area contributed by atoms with E-state index in [1.54, 1.807) is 7.11 Å². The highest BCUT2D eigenvalue weighted by molar-refractivity contribution is 5.53. The summed E-state index contributed by atoms with van der Waals surface area (Å²) < 4.78 is 10.6. The Bertz CT molecular complexity index is 333. The van der Waals surface area contributed by atoms with Gasteiger partial charge in [-0.05, 0) is 18.6 Å². The van der Waals surface area contributed by atoms with Crippen LogP contribution < -0.4 is 9.64 Å². The number of ether oxygens (including phenoxy) is 2. The van der Waals surface area contributed by atoms with Crippen molar-refractivity contribution in [1.82, 2.24) is 0 Å². The molecule has 0 aliphatic carbocycles. The lowest BCUT2D eigenvalue weighted by molar-refractivity contribution is 0.122. The van der Waals surface area contributed by atoms with Gasteiger partial charge in [-0.3, -0.25) is 0 Å². The lowest BCUT2D eigenvalue weighted by Gasteiger charge is -2.29. The predicted octanol–water partition coefficient (Wildman–Crippen LogP) is 2.87. The molecule has 0 amide bonds. The second-order valence-corrected chi connectivity index (χ2v) is 3.75. The van der Waals surface area contributed by atoms with E-state index in [2.05, 4.69) is 30.0 Å². The largest absolute Gasteiger partial charge is 0.496 e. The molecule has 0 aromatic heterocycles. The number of methoxy groups -OCH3 is 1. The summed E-state index contributed by atoms with van der Waals surface area (Å²) in [6.45, 7) is 9.62. The second-order valence-electron chi connectivity index (χ2n) is 3.75. The first-order valence-electron chi connectivity index (χ1n) is 6.28. The minimum atomic E-state index is 0.816. The van der Waals surface area contributed by atoms with Crippen LogP contribution in [0.2, 0.25) is 0 Å². The first-order chi connectivity index (χ1) is 8.31. The van der Waals surface area contributed by atoms with Crippen LogP contribution in [-0.4, -0.2) is 33.4 Å². The van der Waals surface area contributed by atoms with Crippen LogP contribution in [0.25, 0.3) is 0 Å². The zero-order valence-electron chi connectivity index (χ0n) is 11.3. The van der Waals surface area contributed by atoms with Crippen molar-refractivity contribution in [1.29, 1.82) is 0 Å². The van der Waals surface area contributed by atoms with Crippen LogP contribution in [0.15, 0.2) is 18.2 Å². The summed E-state index contributed by atoms with van der Waals surface area (Å²) in [5.41, 5.74) is 2.40. The maximum atomic E-state index is 5.33. The molecule has 0 atom stereocenters. The molecule has 1 saturated heterocycles. The Morgan fingerprint density at radius 2 is 1.82 bits per heavy atom. The van der Waals surface area contributed by atoms with Gasteiger partial charge in [-0.15, -0.1) is 0 Å². The van der Waals surface area contributed by atoms with Gasteiger partial charge in [0.2, 0.25) is 0 Å². The average molecular weight is 237 g/mol. The van der Waals surface area contributed by atoms with Crippen molar-refractivity contribution >= 4 is 5.69 Å². The molecule has 3 nitrogen and oxygen atoms in total. The van der Waals surface area contributed by atoms with E-state index >= 15 is 0 Å². The van der Waals surface area contributed by atoms with E-state index in [0.717, 1.165) is 32.1 Å². The monoisotopic (exact) mass is 237 g/mol. The van der Waals surface area contributed by atoms with Gasteiger partial charge in [-0.1, -0.05) is 19.9 Å². The van der Waals surface area contributed by atoms with Gasteiger partial charge in [0.1, 0.15) is 5.75 Å². The fourth-order valence-corrected chi connectivity index (χ4v) is 1.83. The number of nitrogens with zero attached hydrogens (tertiary/aromatic N) is 1. The zero-order chi connectivity index (χ0) is 12.7. The highest BCUT2D eigenvalue weighted by atomic mass is 16.5. The molecule has 0 radical (unpaired) electrons. The van der Waals surface area contributed by atoms with Crippen LogP contribution in [0.1, 0.15) is 19.4 Å². The molecule has 1 aromatic carbocycles. The van der Waals surface area contributed by atoms with Crippen LogP contribution in [0.3, 0.4) is 0 Å². The van der Waals surface area contributed by atoms with E-state index < -0.39 is 0 Å². The van der Waals surface area contributed by atoms with Gasteiger partial charge in [-0.25, -0.2) is 0 Å². The Morgan fingerprint density at radius 1 is 1.18 bits per heavy atom. The third-order valence-corrected chi connectivity index (χ3v) is 2.77.